The first-order valence-electron chi connectivity index (χ1n) is 11.6. The molecule has 3 aromatic rings. The lowest BCUT2D eigenvalue weighted by Gasteiger charge is -2.34. The van der Waals surface area contributed by atoms with E-state index in [9.17, 15) is 8.78 Å². The molecular formula is C25H29F2N5O2. The van der Waals surface area contributed by atoms with Crippen molar-refractivity contribution < 1.29 is 18.3 Å². The normalized spacial score (nSPS) is 23.4. The van der Waals surface area contributed by atoms with Crippen molar-refractivity contribution in [2.24, 2.45) is 5.92 Å². The molecule has 2 saturated heterocycles. The van der Waals surface area contributed by atoms with E-state index in [4.69, 9.17) is 9.47 Å². The van der Waals surface area contributed by atoms with Crippen molar-refractivity contribution in [3.05, 3.63) is 72.3 Å². The second-order valence-electron chi connectivity index (χ2n) is 9.19. The predicted molar refractivity (Wildman–Crippen MR) is 124 cm³/mol. The molecule has 0 N–H and O–H groups in total. The van der Waals surface area contributed by atoms with Crippen LogP contribution in [0.4, 0.5) is 14.5 Å². The van der Waals surface area contributed by atoms with E-state index in [0.29, 0.717) is 25.2 Å². The minimum atomic E-state index is -0.967. The van der Waals surface area contributed by atoms with Crippen LogP contribution in [0.1, 0.15) is 12.0 Å². The summed E-state index contributed by atoms with van der Waals surface area (Å²) < 4.78 is 42.2. The van der Waals surface area contributed by atoms with E-state index in [0.717, 1.165) is 38.0 Å². The monoisotopic (exact) mass is 469 g/mol. The Morgan fingerprint density at radius 1 is 1.09 bits per heavy atom. The fourth-order valence-electron chi connectivity index (χ4n) is 4.82. The molecule has 0 bridgehead atoms. The first kappa shape index (κ1) is 22.7. The molecule has 34 heavy (non-hydrogen) atoms. The molecule has 1 aromatic heterocycles. The van der Waals surface area contributed by atoms with E-state index < -0.39 is 17.2 Å². The molecule has 2 fully saturated rings. The molecule has 2 aliphatic heterocycles. The van der Waals surface area contributed by atoms with Crippen molar-refractivity contribution in [2.45, 2.75) is 18.6 Å². The predicted octanol–water partition coefficient (Wildman–Crippen LogP) is 3.32. The van der Waals surface area contributed by atoms with Gasteiger partial charge in [0.1, 0.15) is 35.6 Å². The van der Waals surface area contributed by atoms with E-state index >= 15 is 0 Å². The van der Waals surface area contributed by atoms with Gasteiger partial charge in [0.2, 0.25) is 0 Å². The molecule has 2 aliphatic rings. The highest BCUT2D eigenvalue weighted by Gasteiger charge is 2.44. The number of nitrogens with zero attached hydrogens (tertiary/aromatic N) is 5. The van der Waals surface area contributed by atoms with Crippen LogP contribution in [0.15, 0.2) is 55.1 Å². The number of anilines is 1. The van der Waals surface area contributed by atoms with Crippen LogP contribution in [0.25, 0.3) is 0 Å². The van der Waals surface area contributed by atoms with Gasteiger partial charge in [-0.1, -0.05) is 6.07 Å². The summed E-state index contributed by atoms with van der Waals surface area (Å²) in [5.74, 6) is -0.402. The number of ether oxygens (including phenoxy) is 2. The maximum atomic E-state index is 14.8. The minimum absolute atomic E-state index is 0.0466. The van der Waals surface area contributed by atoms with E-state index in [1.165, 1.54) is 24.1 Å². The fraction of sp³-hybridized carbons (Fsp3) is 0.440. The molecule has 2 atom stereocenters. The molecule has 7 nitrogen and oxygen atoms in total. The van der Waals surface area contributed by atoms with Crippen molar-refractivity contribution >= 4 is 5.69 Å². The molecule has 0 spiro atoms. The number of halogens is 2. The van der Waals surface area contributed by atoms with Gasteiger partial charge in [-0.05, 0) is 43.8 Å². The first-order chi connectivity index (χ1) is 16.5. The first-order valence-corrected chi connectivity index (χ1v) is 11.6. The van der Waals surface area contributed by atoms with Crippen molar-refractivity contribution in [1.29, 1.82) is 0 Å². The van der Waals surface area contributed by atoms with E-state index in [2.05, 4.69) is 39.1 Å². The maximum absolute atomic E-state index is 14.8. The molecule has 0 aliphatic carbocycles. The highest BCUT2D eigenvalue weighted by Crippen LogP contribution is 2.42. The number of hydrogen-bond donors (Lipinski definition) is 0. The van der Waals surface area contributed by atoms with Gasteiger partial charge in [-0.25, -0.2) is 18.4 Å². The summed E-state index contributed by atoms with van der Waals surface area (Å²) in [6, 6.07) is 11.8. The second-order valence-corrected chi connectivity index (χ2v) is 9.19. The van der Waals surface area contributed by atoms with Gasteiger partial charge in [-0.15, -0.1) is 0 Å². The lowest BCUT2D eigenvalue weighted by Crippen LogP contribution is -2.44. The summed E-state index contributed by atoms with van der Waals surface area (Å²) in [6.07, 6.45) is 3.52. The van der Waals surface area contributed by atoms with Crippen LogP contribution in [0, 0.1) is 17.6 Å². The standard InChI is InChI=1S/C25H29F2N5O2/c1-30-8-10-31(11-9-30)21-3-5-22(6-4-21)33-14-19-13-25(34-15-19,16-32-18-28-17-29-32)23-7-2-20(26)12-24(23)27/h2-7,12,17-19H,8-11,13-16H2,1H3. The zero-order valence-corrected chi connectivity index (χ0v) is 19.2. The zero-order chi connectivity index (χ0) is 23.5. The van der Waals surface area contributed by atoms with Crippen LogP contribution in [-0.4, -0.2) is 66.1 Å². The number of benzene rings is 2. The van der Waals surface area contributed by atoms with Crippen LogP contribution in [0.3, 0.4) is 0 Å². The summed E-state index contributed by atoms with van der Waals surface area (Å²) in [5, 5.41) is 4.16. The van der Waals surface area contributed by atoms with E-state index in [1.807, 2.05) is 12.1 Å². The third-order valence-electron chi connectivity index (χ3n) is 6.71. The molecule has 0 saturated carbocycles. The molecule has 2 unspecified atom stereocenters. The summed E-state index contributed by atoms with van der Waals surface area (Å²) in [6.45, 7) is 5.29. The Labute approximate surface area is 197 Å². The lowest BCUT2D eigenvalue weighted by molar-refractivity contribution is -0.0206. The van der Waals surface area contributed by atoms with E-state index in [1.54, 1.807) is 11.0 Å². The quantitative estimate of drug-likeness (QED) is 0.529. The topological polar surface area (TPSA) is 55.7 Å². The minimum Gasteiger partial charge on any atom is -0.493 e. The van der Waals surface area contributed by atoms with Gasteiger partial charge >= 0.3 is 0 Å². The molecule has 9 heteroatoms. The van der Waals surface area contributed by atoms with Gasteiger partial charge in [-0.2, -0.15) is 5.10 Å². The van der Waals surface area contributed by atoms with Gasteiger partial charge < -0.3 is 19.3 Å². The number of likely N-dealkylation sites (N-methyl/N-ethyl adjacent to an activating group) is 1. The van der Waals surface area contributed by atoms with Crippen LogP contribution in [-0.2, 0) is 16.9 Å². The van der Waals surface area contributed by atoms with Crippen LogP contribution >= 0.6 is 0 Å². The Hall–Kier alpha value is -3.04. The third-order valence-corrected chi connectivity index (χ3v) is 6.71. The van der Waals surface area contributed by atoms with Crippen LogP contribution < -0.4 is 9.64 Å². The number of hydrogen-bond acceptors (Lipinski definition) is 6. The Morgan fingerprint density at radius 3 is 2.59 bits per heavy atom. The Balaban J connectivity index is 1.25. The lowest BCUT2D eigenvalue weighted by atomic mass is 9.87. The zero-order valence-electron chi connectivity index (χ0n) is 19.2. The SMILES string of the molecule is CN1CCN(c2ccc(OCC3COC(Cn4cncn4)(c4ccc(F)cc4F)C3)cc2)CC1. The molecular weight excluding hydrogens is 440 g/mol. The fourth-order valence-corrected chi connectivity index (χ4v) is 4.82. The van der Waals surface area contributed by atoms with Crippen molar-refractivity contribution in [3.63, 3.8) is 0 Å². The van der Waals surface area contributed by atoms with Gasteiger partial charge in [0.05, 0.1) is 19.8 Å². The summed E-state index contributed by atoms with van der Waals surface area (Å²) in [5.41, 5.74) is 0.553. The summed E-state index contributed by atoms with van der Waals surface area (Å²) in [4.78, 5) is 8.69. The molecule has 180 valence electrons. The molecule has 0 amide bonds. The highest BCUT2D eigenvalue weighted by molar-refractivity contribution is 5.49. The average molecular weight is 470 g/mol. The Kier molecular flexibility index (Phi) is 6.47. The summed E-state index contributed by atoms with van der Waals surface area (Å²) >= 11 is 0. The number of rotatable bonds is 7. The van der Waals surface area contributed by atoms with E-state index in [-0.39, 0.29) is 12.5 Å². The highest BCUT2D eigenvalue weighted by atomic mass is 19.1. The average Bonchev–Trinajstić information content (AvgIpc) is 3.49. The number of piperazine rings is 1. The van der Waals surface area contributed by atoms with Crippen LogP contribution in [0.2, 0.25) is 0 Å². The smallest absolute Gasteiger partial charge is 0.137 e. The Bertz CT molecular complexity index is 1090. The summed E-state index contributed by atoms with van der Waals surface area (Å²) in [7, 11) is 2.14. The Morgan fingerprint density at radius 2 is 1.88 bits per heavy atom. The maximum Gasteiger partial charge on any atom is 0.137 e. The van der Waals surface area contributed by atoms with Crippen molar-refractivity contribution in [3.8, 4) is 5.75 Å². The molecule has 3 heterocycles. The van der Waals surface area contributed by atoms with Crippen LogP contribution in [0.5, 0.6) is 5.75 Å². The largest absolute Gasteiger partial charge is 0.493 e. The van der Waals surface area contributed by atoms with Gasteiger partial charge in [0, 0.05) is 49.4 Å². The van der Waals surface area contributed by atoms with Gasteiger partial charge in [0.25, 0.3) is 0 Å². The molecule has 5 rings (SSSR count). The molecule has 2 aromatic carbocycles. The second kappa shape index (κ2) is 9.68. The third kappa shape index (κ3) is 4.90. The van der Waals surface area contributed by atoms with Gasteiger partial charge in [-0.3, -0.25) is 0 Å². The molecule has 0 radical (unpaired) electrons. The van der Waals surface area contributed by atoms with Crippen molar-refractivity contribution in [1.82, 2.24) is 19.7 Å². The van der Waals surface area contributed by atoms with Gasteiger partial charge in [0.15, 0.2) is 0 Å². The van der Waals surface area contributed by atoms with Crippen molar-refractivity contribution in [2.75, 3.05) is 51.3 Å². The number of aromatic nitrogens is 3.